The van der Waals surface area contributed by atoms with Crippen molar-refractivity contribution >= 4 is 27.8 Å². The standard InChI is InChI=1S/C20H16BrF6NO3/c1-31-18(30)16(9-12-4-2-3-5-15(12)21)28-17(29)8-11-6-13(19(22,23)24)10-14(7-11)20(25,26)27/h2-7,10,16H,8-9H2,1H3,(H,28,29)/t16-/m1/s1. The van der Waals surface area contributed by atoms with E-state index in [0.29, 0.717) is 22.2 Å². The Labute approximate surface area is 181 Å². The van der Waals surface area contributed by atoms with Crippen molar-refractivity contribution in [1.82, 2.24) is 5.32 Å². The van der Waals surface area contributed by atoms with E-state index in [1.165, 1.54) is 0 Å². The van der Waals surface area contributed by atoms with Gasteiger partial charge in [0.1, 0.15) is 6.04 Å². The molecule has 1 amide bonds. The van der Waals surface area contributed by atoms with Gasteiger partial charge in [-0.1, -0.05) is 34.1 Å². The van der Waals surface area contributed by atoms with E-state index in [2.05, 4.69) is 26.0 Å². The number of carbonyl (C=O) groups excluding carboxylic acids is 2. The minimum atomic E-state index is -5.03. The van der Waals surface area contributed by atoms with Crippen molar-refractivity contribution in [3.05, 3.63) is 69.2 Å². The van der Waals surface area contributed by atoms with E-state index < -0.39 is 53.4 Å². The molecule has 0 aliphatic heterocycles. The molecule has 2 aromatic rings. The van der Waals surface area contributed by atoms with E-state index in [0.717, 1.165) is 7.11 Å². The molecule has 0 heterocycles. The summed E-state index contributed by atoms with van der Waals surface area (Å²) in [6, 6.07) is 6.52. The summed E-state index contributed by atoms with van der Waals surface area (Å²) >= 11 is 3.29. The van der Waals surface area contributed by atoms with E-state index >= 15 is 0 Å². The molecule has 0 radical (unpaired) electrons. The van der Waals surface area contributed by atoms with Crippen molar-refractivity contribution in [2.45, 2.75) is 31.2 Å². The molecule has 0 spiro atoms. The number of alkyl halides is 6. The highest BCUT2D eigenvalue weighted by atomic mass is 79.9. The number of methoxy groups -OCH3 is 1. The van der Waals surface area contributed by atoms with Gasteiger partial charge in [-0.15, -0.1) is 0 Å². The Balaban J connectivity index is 2.26. The molecule has 0 unspecified atom stereocenters. The Bertz CT molecular complexity index is 926. The van der Waals surface area contributed by atoms with E-state index in [-0.39, 0.29) is 12.5 Å². The summed E-state index contributed by atoms with van der Waals surface area (Å²) < 4.78 is 83.2. The van der Waals surface area contributed by atoms with Crippen LogP contribution in [0.25, 0.3) is 0 Å². The third-order valence-electron chi connectivity index (χ3n) is 4.21. The Morgan fingerprint density at radius 2 is 1.55 bits per heavy atom. The SMILES string of the molecule is COC(=O)[C@@H](Cc1ccccc1Br)NC(=O)Cc1cc(C(F)(F)F)cc(C(F)(F)F)c1. The van der Waals surface area contributed by atoms with Crippen molar-refractivity contribution in [2.75, 3.05) is 7.11 Å². The highest BCUT2D eigenvalue weighted by Crippen LogP contribution is 2.36. The third kappa shape index (κ3) is 6.98. The number of halogens is 7. The van der Waals surface area contributed by atoms with Crippen LogP contribution in [0, 0.1) is 0 Å². The fourth-order valence-electron chi connectivity index (χ4n) is 2.77. The van der Waals surface area contributed by atoms with Gasteiger partial charge in [-0.25, -0.2) is 4.79 Å². The van der Waals surface area contributed by atoms with Crippen LogP contribution in [0.15, 0.2) is 46.9 Å². The maximum atomic E-state index is 13.0. The molecule has 2 rings (SSSR count). The molecule has 0 fully saturated rings. The van der Waals surface area contributed by atoms with E-state index in [1.54, 1.807) is 24.3 Å². The zero-order valence-corrected chi connectivity index (χ0v) is 17.5. The Morgan fingerprint density at radius 1 is 1.00 bits per heavy atom. The number of esters is 1. The molecule has 11 heteroatoms. The van der Waals surface area contributed by atoms with E-state index in [9.17, 15) is 35.9 Å². The maximum absolute atomic E-state index is 13.0. The lowest BCUT2D eigenvalue weighted by molar-refractivity contribution is -0.145. The summed E-state index contributed by atoms with van der Waals surface area (Å²) in [6.07, 6.45) is -10.9. The average Bonchev–Trinajstić information content (AvgIpc) is 2.66. The van der Waals surface area contributed by atoms with Crippen LogP contribution in [0.3, 0.4) is 0 Å². The second-order valence-corrected chi connectivity index (χ2v) is 7.38. The van der Waals surface area contributed by atoms with E-state index in [4.69, 9.17) is 0 Å². The molecule has 1 N–H and O–H groups in total. The zero-order valence-electron chi connectivity index (χ0n) is 15.9. The number of benzene rings is 2. The van der Waals surface area contributed by atoms with Crippen molar-refractivity contribution in [1.29, 1.82) is 0 Å². The van der Waals surface area contributed by atoms with Crippen molar-refractivity contribution in [3.8, 4) is 0 Å². The van der Waals surface area contributed by atoms with Crippen LogP contribution < -0.4 is 5.32 Å². The van der Waals surface area contributed by atoms with Gasteiger partial charge in [0.05, 0.1) is 24.7 Å². The molecule has 31 heavy (non-hydrogen) atoms. The second-order valence-electron chi connectivity index (χ2n) is 6.53. The van der Waals surface area contributed by atoms with Crippen molar-refractivity contribution < 1.29 is 40.7 Å². The maximum Gasteiger partial charge on any atom is 0.416 e. The van der Waals surface area contributed by atoms with Gasteiger partial charge in [-0.2, -0.15) is 26.3 Å². The minimum Gasteiger partial charge on any atom is -0.467 e. The number of carbonyl (C=O) groups is 2. The normalized spacial score (nSPS) is 12.9. The van der Waals surface area contributed by atoms with Crippen LogP contribution in [0.2, 0.25) is 0 Å². The van der Waals surface area contributed by atoms with E-state index in [1.807, 2.05) is 0 Å². The number of hydrogen-bond donors (Lipinski definition) is 1. The molecule has 1 atom stereocenters. The smallest absolute Gasteiger partial charge is 0.416 e. The molecule has 168 valence electrons. The third-order valence-corrected chi connectivity index (χ3v) is 4.99. The Hall–Kier alpha value is -2.56. The zero-order chi connectivity index (χ0) is 23.4. The van der Waals surface area contributed by atoms with Gasteiger partial charge in [-0.3, -0.25) is 4.79 Å². The van der Waals surface area contributed by atoms with Crippen LogP contribution in [-0.4, -0.2) is 25.0 Å². The van der Waals surface area contributed by atoms with Crippen molar-refractivity contribution in [2.24, 2.45) is 0 Å². The van der Waals surface area contributed by atoms with Crippen LogP contribution in [0.1, 0.15) is 22.3 Å². The van der Waals surface area contributed by atoms with Gasteiger partial charge in [0.15, 0.2) is 0 Å². The Kier molecular flexibility index (Phi) is 7.74. The predicted molar refractivity (Wildman–Crippen MR) is 102 cm³/mol. The number of ether oxygens (including phenoxy) is 1. The summed E-state index contributed by atoms with van der Waals surface area (Å²) in [4.78, 5) is 24.4. The fraction of sp³-hybridized carbons (Fsp3) is 0.300. The summed E-state index contributed by atoms with van der Waals surface area (Å²) in [6.45, 7) is 0. The molecule has 4 nitrogen and oxygen atoms in total. The highest BCUT2D eigenvalue weighted by molar-refractivity contribution is 9.10. The van der Waals surface area contributed by atoms with Gasteiger partial charge in [0, 0.05) is 10.9 Å². The number of hydrogen-bond acceptors (Lipinski definition) is 3. The first-order valence-corrected chi connectivity index (χ1v) is 9.49. The lowest BCUT2D eigenvalue weighted by Gasteiger charge is -2.18. The molecule has 0 aliphatic rings. The lowest BCUT2D eigenvalue weighted by atomic mass is 10.0. The van der Waals surface area contributed by atoms with Gasteiger partial charge in [-0.05, 0) is 35.4 Å². The van der Waals surface area contributed by atoms with Gasteiger partial charge in [0.25, 0.3) is 0 Å². The summed E-state index contributed by atoms with van der Waals surface area (Å²) in [5.41, 5.74) is -2.91. The van der Waals surface area contributed by atoms with Crippen LogP contribution in [0.5, 0.6) is 0 Å². The molecule has 0 saturated heterocycles. The number of amides is 1. The Morgan fingerprint density at radius 3 is 2.03 bits per heavy atom. The first kappa shape index (κ1) is 24.7. The van der Waals surface area contributed by atoms with Gasteiger partial charge < -0.3 is 10.1 Å². The topological polar surface area (TPSA) is 55.4 Å². The van der Waals surface area contributed by atoms with Crippen molar-refractivity contribution in [3.63, 3.8) is 0 Å². The first-order chi connectivity index (χ1) is 14.3. The molecular weight excluding hydrogens is 496 g/mol. The lowest BCUT2D eigenvalue weighted by Crippen LogP contribution is -2.43. The highest BCUT2D eigenvalue weighted by Gasteiger charge is 2.37. The molecule has 2 aromatic carbocycles. The predicted octanol–water partition coefficient (Wildman–Crippen LogP) is 4.93. The molecular formula is C20H16BrF6NO3. The molecule has 0 saturated carbocycles. The van der Waals surface area contributed by atoms with Gasteiger partial charge in [0.2, 0.25) is 5.91 Å². The quantitative estimate of drug-likeness (QED) is 0.442. The van der Waals surface area contributed by atoms with Crippen LogP contribution >= 0.6 is 15.9 Å². The first-order valence-electron chi connectivity index (χ1n) is 8.70. The molecule has 0 aromatic heterocycles. The molecule has 0 aliphatic carbocycles. The number of nitrogens with one attached hydrogen (secondary N) is 1. The second kappa shape index (κ2) is 9.71. The van der Waals surface area contributed by atoms with Crippen LogP contribution in [-0.2, 0) is 39.5 Å². The summed E-state index contributed by atoms with van der Waals surface area (Å²) in [7, 11) is 1.09. The average molecular weight is 512 g/mol. The fourth-order valence-corrected chi connectivity index (χ4v) is 3.22. The van der Waals surface area contributed by atoms with Gasteiger partial charge >= 0.3 is 18.3 Å². The largest absolute Gasteiger partial charge is 0.467 e. The summed E-state index contributed by atoms with van der Waals surface area (Å²) in [5, 5.41) is 2.31. The minimum absolute atomic E-state index is 0.00374. The summed E-state index contributed by atoms with van der Waals surface area (Å²) in [5.74, 6) is -1.75. The number of rotatable bonds is 6. The monoisotopic (exact) mass is 511 g/mol. The van der Waals surface area contributed by atoms with Crippen LogP contribution in [0.4, 0.5) is 26.3 Å². The molecule has 0 bridgehead atoms.